The molecule has 0 spiro atoms. The third-order valence-corrected chi connectivity index (χ3v) is 3.62. The van der Waals surface area contributed by atoms with Crippen LogP contribution < -0.4 is 5.32 Å². The zero-order chi connectivity index (χ0) is 14.7. The van der Waals surface area contributed by atoms with Gasteiger partial charge in [0.05, 0.1) is 6.04 Å². The summed E-state index contributed by atoms with van der Waals surface area (Å²) in [6.45, 7) is 4.73. The lowest BCUT2D eigenvalue weighted by Gasteiger charge is -2.21. The molecule has 1 nitrogen and oxygen atoms in total. The Labute approximate surface area is 128 Å². The van der Waals surface area contributed by atoms with Gasteiger partial charge in [-0.3, -0.25) is 0 Å². The van der Waals surface area contributed by atoms with Crippen LogP contribution in [0.15, 0.2) is 36.4 Å². The zero-order valence-electron chi connectivity index (χ0n) is 11.4. The monoisotopic (exact) mass is 311 g/mol. The second-order valence-corrected chi connectivity index (χ2v) is 5.57. The van der Waals surface area contributed by atoms with E-state index in [0.29, 0.717) is 10.0 Å². The number of hydrogen-bond donors (Lipinski definition) is 1. The smallest absolute Gasteiger partial charge is 0.123 e. The van der Waals surface area contributed by atoms with Gasteiger partial charge in [-0.25, -0.2) is 4.39 Å². The van der Waals surface area contributed by atoms with E-state index >= 15 is 0 Å². The molecule has 0 aliphatic heterocycles. The molecule has 2 rings (SSSR count). The Bertz CT molecular complexity index is 593. The third-order valence-electron chi connectivity index (χ3n) is 3.18. The molecule has 0 heterocycles. The van der Waals surface area contributed by atoms with Gasteiger partial charge >= 0.3 is 0 Å². The Hall–Kier alpha value is -1.09. The van der Waals surface area contributed by atoms with Gasteiger partial charge in [-0.1, -0.05) is 36.2 Å². The first-order valence-electron chi connectivity index (χ1n) is 6.46. The summed E-state index contributed by atoms with van der Waals surface area (Å²) in [5.41, 5.74) is 2.84. The van der Waals surface area contributed by atoms with Gasteiger partial charge in [0.1, 0.15) is 5.82 Å². The molecule has 0 saturated carbocycles. The van der Waals surface area contributed by atoms with Crippen molar-refractivity contribution in [3.05, 3.63) is 69.0 Å². The van der Waals surface area contributed by atoms with Gasteiger partial charge in [0.2, 0.25) is 0 Å². The summed E-state index contributed by atoms with van der Waals surface area (Å²) in [5.74, 6) is -0.248. The van der Waals surface area contributed by atoms with E-state index in [4.69, 9.17) is 23.2 Å². The minimum Gasteiger partial charge on any atom is -0.307 e. The van der Waals surface area contributed by atoms with Gasteiger partial charge in [-0.05, 0) is 60.5 Å². The van der Waals surface area contributed by atoms with Crippen molar-refractivity contribution in [2.45, 2.75) is 19.9 Å². The van der Waals surface area contributed by atoms with Crippen LogP contribution in [0.1, 0.15) is 29.7 Å². The van der Waals surface area contributed by atoms with Crippen LogP contribution in [0, 0.1) is 12.7 Å². The number of halogens is 3. The van der Waals surface area contributed by atoms with Crippen molar-refractivity contribution in [1.29, 1.82) is 0 Å². The molecule has 0 fully saturated rings. The molecule has 0 aliphatic carbocycles. The summed E-state index contributed by atoms with van der Waals surface area (Å²) >= 11 is 12.1. The largest absolute Gasteiger partial charge is 0.307 e. The molecular weight excluding hydrogens is 296 g/mol. The predicted octanol–water partition coefficient (Wildman–Crippen LogP) is 5.14. The van der Waals surface area contributed by atoms with Gasteiger partial charge < -0.3 is 5.32 Å². The molecule has 1 atom stereocenters. The Kier molecular flexibility index (Phi) is 5.03. The first-order valence-corrected chi connectivity index (χ1v) is 7.22. The molecule has 0 radical (unpaired) electrons. The topological polar surface area (TPSA) is 12.0 Å². The van der Waals surface area contributed by atoms with Crippen molar-refractivity contribution in [3.8, 4) is 0 Å². The lowest BCUT2D eigenvalue weighted by atomic mass is 9.95. The molecule has 0 bridgehead atoms. The van der Waals surface area contributed by atoms with Crippen molar-refractivity contribution in [2.75, 3.05) is 6.54 Å². The quantitative estimate of drug-likeness (QED) is 0.824. The van der Waals surface area contributed by atoms with Crippen LogP contribution in [0.25, 0.3) is 0 Å². The number of nitrogens with one attached hydrogen (secondary N) is 1. The van der Waals surface area contributed by atoms with Gasteiger partial charge in [-0.15, -0.1) is 0 Å². The fraction of sp³-hybridized carbons (Fsp3) is 0.250. The number of hydrogen-bond acceptors (Lipinski definition) is 1. The molecule has 0 aliphatic rings. The molecule has 0 amide bonds. The maximum Gasteiger partial charge on any atom is 0.123 e. The summed E-state index contributed by atoms with van der Waals surface area (Å²) in [7, 11) is 0. The SMILES string of the molecule is CCNC(c1cc(Cl)cc(Cl)c1)c1cc(F)ccc1C. The average Bonchev–Trinajstić information content (AvgIpc) is 2.38. The van der Waals surface area contributed by atoms with Gasteiger partial charge in [0.15, 0.2) is 0 Å². The first kappa shape index (κ1) is 15.3. The van der Waals surface area contributed by atoms with E-state index < -0.39 is 0 Å². The number of benzene rings is 2. The molecule has 2 aromatic carbocycles. The van der Waals surface area contributed by atoms with Crippen LogP contribution in [-0.4, -0.2) is 6.54 Å². The highest BCUT2D eigenvalue weighted by Gasteiger charge is 2.17. The summed E-state index contributed by atoms with van der Waals surface area (Å²) in [6, 6.07) is 10.1. The fourth-order valence-electron chi connectivity index (χ4n) is 2.28. The van der Waals surface area contributed by atoms with Crippen molar-refractivity contribution in [3.63, 3.8) is 0 Å². The lowest BCUT2D eigenvalue weighted by molar-refractivity contribution is 0.600. The van der Waals surface area contributed by atoms with E-state index in [1.807, 2.05) is 26.0 Å². The summed E-state index contributed by atoms with van der Waals surface area (Å²) in [6.07, 6.45) is 0. The number of rotatable bonds is 4. The average molecular weight is 312 g/mol. The Morgan fingerprint density at radius 1 is 1.10 bits per heavy atom. The Balaban J connectivity index is 2.52. The van der Waals surface area contributed by atoms with Gasteiger partial charge in [0, 0.05) is 10.0 Å². The fourth-order valence-corrected chi connectivity index (χ4v) is 2.82. The molecule has 4 heteroatoms. The maximum atomic E-state index is 13.5. The van der Waals surface area contributed by atoms with Crippen LogP contribution in [0.5, 0.6) is 0 Å². The molecule has 0 saturated heterocycles. The molecule has 1 N–H and O–H groups in total. The molecule has 1 unspecified atom stereocenters. The first-order chi connectivity index (χ1) is 9.51. The minimum atomic E-state index is -0.248. The highest BCUT2D eigenvalue weighted by Crippen LogP contribution is 2.29. The standard InChI is InChI=1S/C16H16Cl2FN/c1-3-20-16(11-6-12(17)8-13(18)7-11)15-9-14(19)5-4-10(15)2/h4-9,16,20H,3H2,1-2H3. The number of aryl methyl sites for hydroxylation is 1. The molecule has 2 aromatic rings. The van der Waals surface area contributed by atoms with Crippen LogP contribution >= 0.6 is 23.2 Å². The zero-order valence-corrected chi connectivity index (χ0v) is 12.9. The normalized spacial score (nSPS) is 12.4. The summed E-state index contributed by atoms with van der Waals surface area (Å²) < 4.78 is 13.5. The molecule has 106 valence electrons. The Morgan fingerprint density at radius 2 is 1.75 bits per heavy atom. The second-order valence-electron chi connectivity index (χ2n) is 4.69. The van der Waals surface area contributed by atoms with Gasteiger partial charge in [-0.2, -0.15) is 0 Å². The second kappa shape index (κ2) is 6.57. The highest BCUT2D eigenvalue weighted by atomic mass is 35.5. The van der Waals surface area contributed by atoms with E-state index in [0.717, 1.165) is 23.2 Å². The minimum absolute atomic E-state index is 0.133. The lowest BCUT2D eigenvalue weighted by Crippen LogP contribution is -2.23. The van der Waals surface area contributed by atoms with Crippen molar-refractivity contribution in [2.24, 2.45) is 0 Å². The van der Waals surface area contributed by atoms with Crippen molar-refractivity contribution >= 4 is 23.2 Å². The van der Waals surface area contributed by atoms with Crippen molar-refractivity contribution in [1.82, 2.24) is 5.32 Å². The van der Waals surface area contributed by atoms with E-state index in [1.165, 1.54) is 6.07 Å². The highest BCUT2D eigenvalue weighted by molar-refractivity contribution is 6.34. The predicted molar refractivity (Wildman–Crippen MR) is 83.1 cm³/mol. The van der Waals surface area contributed by atoms with E-state index in [-0.39, 0.29) is 11.9 Å². The van der Waals surface area contributed by atoms with Crippen LogP contribution in [0.2, 0.25) is 10.0 Å². The molecule has 20 heavy (non-hydrogen) atoms. The van der Waals surface area contributed by atoms with Gasteiger partial charge in [0.25, 0.3) is 0 Å². The maximum absolute atomic E-state index is 13.5. The molecular formula is C16H16Cl2FN. The molecule has 0 aromatic heterocycles. The van der Waals surface area contributed by atoms with E-state index in [1.54, 1.807) is 18.2 Å². The third kappa shape index (κ3) is 3.51. The Morgan fingerprint density at radius 3 is 2.35 bits per heavy atom. The van der Waals surface area contributed by atoms with Crippen LogP contribution in [0.3, 0.4) is 0 Å². The van der Waals surface area contributed by atoms with Crippen molar-refractivity contribution < 1.29 is 4.39 Å². The van der Waals surface area contributed by atoms with Crippen LogP contribution in [-0.2, 0) is 0 Å². The van der Waals surface area contributed by atoms with E-state index in [2.05, 4.69) is 5.32 Å². The van der Waals surface area contributed by atoms with E-state index in [9.17, 15) is 4.39 Å². The van der Waals surface area contributed by atoms with Crippen LogP contribution in [0.4, 0.5) is 4.39 Å². The summed E-state index contributed by atoms with van der Waals surface area (Å²) in [5, 5.41) is 4.50. The summed E-state index contributed by atoms with van der Waals surface area (Å²) in [4.78, 5) is 0.